The van der Waals surface area contributed by atoms with Crippen molar-refractivity contribution in [3.8, 4) is 0 Å². The monoisotopic (exact) mass is 256 g/mol. The summed E-state index contributed by atoms with van der Waals surface area (Å²) in [6.07, 6.45) is 4.03. The van der Waals surface area contributed by atoms with Crippen molar-refractivity contribution in [2.75, 3.05) is 10.7 Å². The molecular weight excluding hydrogens is 244 g/mol. The third kappa shape index (κ3) is 6.85. The van der Waals surface area contributed by atoms with Crippen LogP contribution in [0.5, 0.6) is 0 Å². The molecule has 0 aromatic heterocycles. The first-order valence-corrected chi connectivity index (χ1v) is 5.67. The summed E-state index contributed by atoms with van der Waals surface area (Å²) >= 11 is 6.86. The van der Waals surface area contributed by atoms with Crippen LogP contribution in [0.1, 0.15) is 26.2 Å². The Bertz CT molecular complexity index is 54.9. The first kappa shape index (κ1) is 9.96. The SMILES string of the molecule is CC(CBr)CCCCBr. The quantitative estimate of drug-likeness (QED) is 0.522. The minimum Gasteiger partial charge on any atom is -0.0928 e. The molecule has 0 N–H and O–H groups in total. The zero-order valence-corrected chi connectivity index (χ0v) is 9.04. The van der Waals surface area contributed by atoms with E-state index in [9.17, 15) is 0 Å². The predicted molar refractivity (Wildman–Crippen MR) is 50.6 cm³/mol. The minimum atomic E-state index is 0.851. The molecule has 0 heterocycles. The van der Waals surface area contributed by atoms with Crippen LogP contribution < -0.4 is 0 Å². The van der Waals surface area contributed by atoms with E-state index in [-0.39, 0.29) is 0 Å². The fourth-order valence-electron chi connectivity index (χ4n) is 0.664. The van der Waals surface area contributed by atoms with Crippen LogP contribution in [-0.2, 0) is 0 Å². The molecule has 0 aromatic rings. The molecular formula is C7H14Br2. The molecule has 0 aliphatic heterocycles. The van der Waals surface area contributed by atoms with Gasteiger partial charge in [0, 0.05) is 10.7 Å². The molecule has 0 amide bonds. The normalized spacial score (nSPS) is 13.7. The lowest BCUT2D eigenvalue weighted by atomic mass is 10.1. The van der Waals surface area contributed by atoms with E-state index < -0.39 is 0 Å². The van der Waals surface area contributed by atoms with Crippen LogP contribution in [0.2, 0.25) is 0 Å². The Balaban J connectivity index is 2.88. The molecule has 2 heteroatoms. The summed E-state index contributed by atoms with van der Waals surface area (Å²) in [6.45, 7) is 2.28. The van der Waals surface area contributed by atoms with Crippen LogP contribution in [0.4, 0.5) is 0 Å². The first-order chi connectivity index (χ1) is 4.31. The van der Waals surface area contributed by atoms with Crippen LogP contribution in [0.15, 0.2) is 0 Å². The second kappa shape index (κ2) is 7.07. The van der Waals surface area contributed by atoms with Crippen molar-refractivity contribution in [1.29, 1.82) is 0 Å². The van der Waals surface area contributed by atoms with Crippen LogP contribution in [-0.4, -0.2) is 10.7 Å². The Morgan fingerprint density at radius 3 is 2.33 bits per heavy atom. The summed E-state index contributed by atoms with van der Waals surface area (Å²) in [5.74, 6) is 0.851. The van der Waals surface area contributed by atoms with Gasteiger partial charge in [-0.2, -0.15) is 0 Å². The third-order valence-electron chi connectivity index (χ3n) is 1.34. The molecule has 0 radical (unpaired) electrons. The van der Waals surface area contributed by atoms with Crippen LogP contribution in [0, 0.1) is 5.92 Å². The highest BCUT2D eigenvalue weighted by Gasteiger charge is 1.97. The molecule has 0 aromatic carbocycles. The van der Waals surface area contributed by atoms with Crippen molar-refractivity contribution in [2.24, 2.45) is 5.92 Å². The van der Waals surface area contributed by atoms with Gasteiger partial charge in [-0.25, -0.2) is 0 Å². The molecule has 0 bridgehead atoms. The van der Waals surface area contributed by atoms with Gasteiger partial charge in [-0.05, 0) is 18.8 Å². The average Bonchev–Trinajstić information content (AvgIpc) is 1.89. The topological polar surface area (TPSA) is 0 Å². The van der Waals surface area contributed by atoms with Crippen molar-refractivity contribution < 1.29 is 0 Å². The lowest BCUT2D eigenvalue weighted by molar-refractivity contribution is 0.563. The van der Waals surface area contributed by atoms with Crippen LogP contribution >= 0.6 is 31.9 Å². The van der Waals surface area contributed by atoms with Gasteiger partial charge in [-0.1, -0.05) is 45.2 Å². The maximum absolute atomic E-state index is 3.46. The molecule has 0 saturated heterocycles. The summed E-state index contributed by atoms with van der Waals surface area (Å²) < 4.78 is 0. The zero-order valence-electron chi connectivity index (χ0n) is 5.87. The molecule has 1 unspecified atom stereocenters. The first-order valence-electron chi connectivity index (χ1n) is 3.43. The number of alkyl halides is 2. The van der Waals surface area contributed by atoms with E-state index in [0.717, 1.165) is 16.6 Å². The van der Waals surface area contributed by atoms with E-state index >= 15 is 0 Å². The van der Waals surface area contributed by atoms with Crippen molar-refractivity contribution >= 4 is 31.9 Å². The zero-order chi connectivity index (χ0) is 7.11. The lowest BCUT2D eigenvalue weighted by Gasteiger charge is -2.04. The molecule has 0 saturated carbocycles. The van der Waals surface area contributed by atoms with Crippen LogP contribution in [0.25, 0.3) is 0 Å². The number of hydrogen-bond donors (Lipinski definition) is 0. The second-order valence-electron chi connectivity index (χ2n) is 2.44. The maximum Gasteiger partial charge on any atom is 0.00570 e. The highest BCUT2D eigenvalue weighted by molar-refractivity contribution is 9.09. The average molecular weight is 258 g/mol. The smallest absolute Gasteiger partial charge is 0.00570 e. The third-order valence-corrected chi connectivity index (χ3v) is 3.01. The summed E-state index contributed by atoms with van der Waals surface area (Å²) in [6, 6.07) is 0. The van der Waals surface area contributed by atoms with Gasteiger partial charge >= 0.3 is 0 Å². The van der Waals surface area contributed by atoms with Gasteiger partial charge in [-0.15, -0.1) is 0 Å². The fourth-order valence-corrected chi connectivity index (χ4v) is 1.38. The van der Waals surface area contributed by atoms with E-state index in [1.165, 1.54) is 19.3 Å². The van der Waals surface area contributed by atoms with E-state index in [1.54, 1.807) is 0 Å². The fraction of sp³-hybridized carbons (Fsp3) is 1.00. The number of unbranched alkanes of at least 4 members (excludes halogenated alkanes) is 1. The van der Waals surface area contributed by atoms with Gasteiger partial charge < -0.3 is 0 Å². The van der Waals surface area contributed by atoms with Gasteiger partial charge in [0.25, 0.3) is 0 Å². The van der Waals surface area contributed by atoms with Gasteiger partial charge in [0.1, 0.15) is 0 Å². The molecule has 0 aliphatic rings. The number of rotatable bonds is 5. The van der Waals surface area contributed by atoms with Crippen molar-refractivity contribution in [2.45, 2.75) is 26.2 Å². The van der Waals surface area contributed by atoms with Gasteiger partial charge in [0.05, 0.1) is 0 Å². The molecule has 0 fully saturated rings. The summed E-state index contributed by atoms with van der Waals surface area (Å²) in [5, 5.41) is 2.30. The summed E-state index contributed by atoms with van der Waals surface area (Å²) in [4.78, 5) is 0. The van der Waals surface area contributed by atoms with Crippen LogP contribution in [0.3, 0.4) is 0 Å². The Morgan fingerprint density at radius 2 is 1.89 bits per heavy atom. The number of hydrogen-bond acceptors (Lipinski definition) is 0. The summed E-state index contributed by atoms with van der Waals surface area (Å²) in [7, 11) is 0. The molecule has 0 nitrogen and oxygen atoms in total. The highest BCUT2D eigenvalue weighted by atomic mass is 79.9. The Hall–Kier alpha value is 0.960. The Labute approximate surface area is 74.7 Å². The van der Waals surface area contributed by atoms with Crippen molar-refractivity contribution in [3.63, 3.8) is 0 Å². The standard InChI is InChI=1S/C7H14Br2/c1-7(6-9)4-2-3-5-8/h7H,2-6H2,1H3. The lowest BCUT2D eigenvalue weighted by Crippen LogP contribution is -1.94. The van der Waals surface area contributed by atoms with E-state index in [4.69, 9.17) is 0 Å². The molecule has 0 rings (SSSR count). The minimum absolute atomic E-state index is 0.851. The summed E-state index contributed by atoms with van der Waals surface area (Å²) in [5.41, 5.74) is 0. The largest absolute Gasteiger partial charge is 0.0928 e. The number of halogens is 2. The Morgan fingerprint density at radius 1 is 1.22 bits per heavy atom. The van der Waals surface area contributed by atoms with Gasteiger partial charge in [0.15, 0.2) is 0 Å². The van der Waals surface area contributed by atoms with Gasteiger partial charge in [0.2, 0.25) is 0 Å². The maximum atomic E-state index is 3.46. The highest BCUT2D eigenvalue weighted by Crippen LogP contribution is 2.10. The van der Waals surface area contributed by atoms with Crippen molar-refractivity contribution in [3.05, 3.63) is 0 Å². The molecule has 0 spiro atoms. The van der Waals surface area contributed by atoms with E-state index in [1.807, 2.05) is 0 Å². The Kier molecular flexibility index (Phi) is 7.83. The van der Waals surface area contributed by atoms with Gasteiger partial charge in [-0.3, -0.25) is 0 Å². The van der Waals surface area contributed by atoms with E-state index in [0.29, 0.717) is 0 Å². The molecule has 56 valence electrons. The predicted octanol–water partition coefficient (Wildman–Crippen LogP) is 3.58. The molecule has 1 atom stereocenters. The molecule has 9 heavy (non-hydrogen) atoms. The van der Waals surface area contributed by atoms with E-state index in [2.05, 4.69) is 38.8 Å². The molecule has 0 aliphatic carbocycles. The second-order valence-corrected chi connectivity index (χ2v) is 3.88. The van der Waals surface area contributed by atoms with Crippen molar-refractivity contribution in [1.82, 2.24) is 0 Å².